The first kappa shape index (κ1) is 25.6. The van der Waals surface area contributed by atoms with Gasteiger partial charge in [0.1, 0.15) is 0 Å². The molecule has 3 heterocycles. The van der Waals surface area contributed by atoms with Gasteiger partial charge in [0.25, 0.3) is 5.91 Å². The average molecular weight is 541 g/mol. The van der Waals surface area contributed by atoms with Crippen LogP contribution in [0.15, 0.2) is 66.0 Å². The van der Waals surface area contributed by atoms with Gasteiger partial charge >= 0.3 is 0 Å². The molecular formula is C30H32N6O2S. The number of carbonyl (C=O) groups excluding carboxylic acids is 1. The van der Waals surface area contributed by atoms with Gasteiger partial charge in [-0.2, -0.15) is 0 Å². The molecule has 0 radical (unpaired) electrons. The minimum Gasteiger partial charge on any atom is -0.379 e. The summed E-state index contributed by atoms with van der Waals surface area (Å²) in [5.74, 6) is -0.131. The number of anilines is 1. The smallest absolute Gasteiger partial charge is 0.257 e. The van der Waals surface area contributed by atoms with E-state index in [9.17, 15) is 4.79 Å². The molecule has 1 aliphatic carbocycles. The molecule has 1 fully saturated rings. The van der Waals surface area contributed by atoms with Crippen LogP contribution in [0.1, 0.15) is 38.5 Å². The molecule has 4 aromatic rings. The molecule has 0 saturated carbocycles. The molecule has 0 bridgehead atoms. The van der Waals surface area contributed by atoms with E-state index < -0.39 is 0 Å². The summed E-state index contributed by atoms with van der Waals surface area (Å²) in [6.45, 7) is 8.42. The molecule has 2 aliphatic rings. The summed E-state index contributed by atoms with van der Waals surface area (Å²) in [7, 11) is 0. The molecule has 1 amide bonds. The molecule has 1 N–H and O–H groups in total. The van der Waals surface area contributed by atoms with E-state index in [-0.39, 0.29) is 5.91 Å². The lowest BCUT2D eigenvalue weighted by Gasteiger charge is -2.36. The molecular weight excluding hydrogens is 508 g/mol. The quantitative estimate of drug-likeness (QED) is 0.328. The highest BCUT2D eigenvalue weighted by molar-refractivity contribution is 7.15. The van der Waals surface area contributed by atoms with Crippen molar-refractivity contribution in [3.05, 3.63) is 88.3 Å². The fraction of sp³-hybridized carbons (Fsp3) is 0.333. The Bertz CT molecular complexity index is 1450. The second kappa shape index (κ2) is 11.6. The van der Waals surface area contributed by atoms with E-state index in [0.717, 1.165) is 73.6 Å². The summed E-state index contributed by atoms with van der Waals surface area (Å²) in [5.41, 5.74) is 5.88. The van der Waals surface area contributed by atoms with Crippen LogP contribution in [0.5, 0.6) is 0 Å². The lowest BCUT2D eigenvalue weighted by Crippen LogP contribution is -2.45. The Morgan fingerprint density at radius 3 is 2.82 bits per heavy atom. The highest BCUT2D eigenvalue weighted by atomic mass is 32.1. The number of aryl methyl sites for hydroxylation is 1. The van der Waals surface area contributed by atoms with E-state index in [0.29, 0.717) is 29.8 Å². The van der Waals surface area contributed by atoms with Gasteiger partial charge in [0.2, 0.25) is 0 Å². The number of imidazole rings is 1. The molecule has 1 unspecified atom stereocenters. The Balaban J connectivity index is 1.09. The summed E-state index contributed by atoms with van der Waals surface area (Å²) < 4.78 is 7.55. The number of fused-ring (bicyclic) bond motifs is 1. The molecule has 9 heteroatoms. The van der Waals surface area contributed by atoms with Crippen molar-refractivity contribution >= 4 is 29.1 Å². The molecule has 1 saturated heterocycles. The monoisotopic (exact) mass is 540 g/mol. The highest BCUT2D eigenvalue weighted by Crippen LogP contribution is 2.32. The number of rotatable bonds is 8. The molecule has 1 aliphatic heterocycles. The van der Waals surface area contributed by atoms with Gasteiger partial charge in [-0.1, -0.05) is 36.4 Å². The van der Waals surface area contributed by atoms with Crippen LogP contribution in [0.3, 0.4) is 0 Å². The van der Waals surface area contributed by atoms with Crippen LogP contribution in [0.2, 0.25) is 0 Å². The standard InChI is InChI=1S/C30H32N6O2S/c1-31-17-21-5-7-23(8-6-21)27-19-35(20-32-27)18-22-3-2-4-24(15-22)29(37)34-30-33-26-10-9-25(16-28(26)39-30)36-11-13-38-14-12-36/h2-8,15,19-20,25H,1,9-14,16-18H2,(H,33,34,37). The number of nitrogens with zero attached hydrogens (tertiary/aromatic N) is 5. The number of carbonyl (C=O) groups is 1. The first-order valence-corrected chi connectivity index (χ1v) is 14.2. The number of hydrogen-bond donors (Lipinski definition) is 1. The average Bonchev–Trinajstić information content (AvgIpc) is 3.60. The van der Waals surface area contributed by atoms with Gasteiger partial charge in [-0.05, 0) is 49.2 Å². The zero-order valence-electron chi connectivity index (χ0n) is 21.9. The summed E-state index contributed by atoms with van der Waals surface area (Å²) in [6, 6.07) is 16.5. The lowest BCUT2D eigenvalue weighted by atomic mass is 9.96. The number of ether oxygens (including phenoxy) is 1. The first-order chi connectivity index (χ1) is 19.1. The van der Waals surface area contributed by atoms with Crippen LogP contribution in [-0.2, 0) is 30.7 Å². The third kappa shape index (κ3) is 6.00. The van der Waals surface area contributed by atoms with Crippen molar-refractivity contribution in [2.45, 2.75) is 38.4 Å². The number of hydrogen-bond acceptors (Lipinski definition) is 7. The first-order valence-electron chi connectivity index (χ1n) is 13.4. The minimum atomic E-state index is -0.131. The van der Waals surface area contributed by atoms with Crippen molar-refractivity contribution in [3.63, 3.8) is 0 Å². The second-order valence-electron chi connectivity index (χ2n) is 10.1. The fourth-order valence-electron chi connectivity index (χ4n) is 5.36. The van der Waals surface area contributed by atoms with E-state index >= 15 is 0 Å². The van der Waals surface area contributed by atoms with E-state index in [4.69, 9.17) is 9.72 Å². The summed E-state index contributed by atoms with van der Waals surface area (Å²) in [5, 5.41) is 3.73. The maximum atomic E-state index is 13.1. The SMILES string of the molecule is C=NCc1ccc(-c2cn(Cc3cccc(C(=O)Nc4nc5c(s4)CC(N4CCOCC4)CC5)c3)cn2)cc1. The molecule has 2 aromatic heterocycles. The van der Waals surface area contributed by atoms with E-state index in [1.165, 1.54) is 4.88 Å². The van der Waals surface area contributed by atoms with Gasteiger partial charge < -0.3 is 9.30 Å². The summed E-state index contributed by atoms with van der Waals surface area (Å²) >= 11 is 1.62. The van der Waals surface area contributed by atoms with Crippen LogP contribution in [0, 0.1) is 0 Å². The molecule has 8 nitrogen and oxygen atoms in total. The Morgan fingerprint density at radius 1 is 1.15 bits per heavy atom. The van der Waals surface area contributed by atoms with Crippen molar-refractivity contribution in [2.24, 2.45) is 4.99 Å². The van der Waals surface area contributed by atoms with Gasteiger partial charge in [0, 0.05) is 47.9 Å². The predicted octanol–water partition coefficient (Wildman–Crippen LogP) is 4.70. The number of morpholine rings is 1. The summed E-state index contributed by atoms with van der Waals surface area (Å²) in [6.07, 6.45) is 6.92. The third-order valence-corrected chi connectivity index (χ3v) is 8.46. The van der Waals surface area contributed by atoms with Crippen molar-refractivity contribution in [2.75, 3.05) is 31.6 Å². The minimum absolute atomic E-state index is 0.131. The number of aromatic nitrogens is 3. The zero-order chi connectivity index (χ0) is 26.6. The number of benzene rings is 2. The molecule has 39 heavy (non-hydrogen) atoms. The number of aliphatic imine (C=N–C) groups is 1. The van der Waals surface area contributed by atoms with E-state index in [1.807, 2.05) is 53.5 Å². The Morgan fingerprint density at radius 2 is 2.00 bits per heavy atom. The normalized spacial score (nSPS) is 17.5. The predicted molar refractivity (Wildman–Crippen MR) is 155 cm³/mol. The molecule has 1 atom stereocenters. The van der Waals surface area contributed by atoms with Crippen molar-refractivity contribution in [3.8, 4) is 11.3 Å². The van der Waals surface area contributed by atoms with E-state index in [1.54, 1.807) is 11.3 Å². The van der Waals surface area contributed by atoms with Gasteiger partial charge in [-0.15, -0.1) is 11.3 Å². The lowest BCUT2D eigenvalue weighted by molar-refractivity contribution is 0.0139. The fourth-order valence-corrected chi connectivity index (χ4v) is 6.44. The zero-order valence-corrected chi connectivity index (χ0v) is 22.7. The Kier molecular flexibility index (Phi) is 7.62. The largest absolute Gasteiger partial charge is 0.379 e. The van der Waals surface area contributed by atoms with E-state index in [2.05, 4.69) is 39.0 Å². The van der Waals surface area contributed by atoms with Crippen molar-refractivity contribution in [1.29, 1.82) is 0 Å². The molecule has 0 spiro atoms. The maximum absolute atomic E-state index is 13.1. The van der Waals surface area contributed by atoms with Gasteiger partial charge in [-0.3, -0.25) is 20.0 Å². The van der Waals surface area contributed by atoms with Crippen LogP contribution in [-0.4, -0.2) is 64.4 Å². The molecule has 6 rings (SSSR count). The van der Waals surface area contributed by atoms with Crippen LogP contribution in [0.25, 0.3) is 11.3 Å². The topological polar surface area (TPSA) is 84.6 Å². The third-order valence-electron chi connectivity index (χ3n) is 7.43. The molecule has 2 aromatic carbocycles. The Hall–Kier alpha value is -3.66. The number of thiazole rings is 1. The van der Waals surface area contributed by atoms with Crippen LogP contribution in [0.4, 0.5) is 5.13 Å². The van der Waals surface area contributed by atoms with Crippen LogP contribution >= 0.6 is 11.3 Å². The van der Waals surface area contributed by atoms with Gasteiger partial charge in [-0.25, -0.2) is 9.97 Å². The van der Waals surface area contributed by atoms with Crippen molar-refractivity contribution in [1.82, 2.24) is 19.4 Å². The number of amides is 1. The van der Waals surface area contributed by atoms with Gasteiger partial charge in [0.05, 0.1) is 37.5 Å². The second-order valence-corrected chi connectivity index (χ2v) is 11.2. The molecule has 200 valence electrons. The Labute approximate surface area is 232 Å². The van der Waals surface area contributed by atoms with Crippen LogP contribution < -0.4 is 5.32 Å². The van der Waals surface area contributed by atoms with Gasteiger partial charge in [0.15, 0.2) is 5.13 Å². The maximum Gasteiger partial charge on any atom is 0.257 e. The van der Waals surface area contributed by atoms with Crippen molar-refractivity contribution < 1.29 is 9.53 Å². The number of nitrogens with one attached hydrogen (secondary N) is 1. The highest BCUT2D eigenvalue weighted by Gasteiger charge is 2.28. The summed E-state index contributed by atoms with van der Waals surface area (Å²) in [4.78, 5) is 30.2.